The maximum atomic E-state index is 13.0. The van der Waals surface area contributed by atoms with Crippen molar-refractivity contribution in [1.29, 1.82) is 0 Å². The molecule has 0 unspecified atom stereocenters. The van der Waals surface area contributed by atoms with Crippen LogP contribution in [0.2, 0.25) is 0 Å². The van der Waals surface area contributed by atoms with Gasteiger partial charge in [0.15, 0.2) is 0 Å². The number of anilines is 1. The number of hydrogen-bond acceptors (Lipinski definition) is 3. The molecule has 0 saturated carbocycles. The lowest BCUT2D eigenvalue weighted by Gasteiger charge is -2.28. The second-order valence-corrected chi connectivity index (χ2v) is 6.38. The van der Waals surface area contributed by atoms with Crippen LogP contribution in [0.4, 0.5) is 5.69 Å². The number of nitrogens with one attached hydrogen (secondary N) is 2. The van der Waals surface area contributed by atoms with E-state index in [1.54, 1.807) is 11.9 Å². The van der Waals surface area contributed by atoms with Crippen molar-refractivity contribution in [2.75, 3.05) is 11.9 Å². The molecule has 2 aliphatic heterocycles. The number of rotatable bonds is 3. The van der Waals surface area contributed by atoms with Gasteiger partial charge in [0.25, 0.3) is 0 Å². The summed E-state index contributed by atoms with van der Waals surface area (Å²) in [6.45, 7) is 4.08. The Balaban J connectivity index is 2.03. The predicted molar refractivity (Wildman–Crippen MR) is 85.9 cm³/mol. The predicted octanol–water partition coefficient (Wildman–Crippen LogP) is 1.00. The van der Waals surface area contributed by atoms with E-state index in [-0.39, 0.29) is 23.9 Å². The number of likely N-dealkylation sites (N-methyl/N-ethyl adjacent to an activating group) is 1. The fourth-order valence-electron chi connectivity index (χ4n) is 3.56. The quantitative estimate of drug-likeness (QED) is 0.876. The highest BCUT2D eigenvalue weighted by Gasteiger charge is 2.43. The highest BCUT2D eigenvalue weighted by molar-refractivity contribution is 6.06. The maximum absolute atomic E-state index is 13.0. The normalized spacial score (nSPS) is 23.5. The number of benzene rings is 1. The summed E-state index contributed by atoms with van der Waals surface area (Å²) in [5.74, 6) is -0.0771. The summed E-state index contributed by atoms with van der Waals surface area (Å²) in [4.78, 5) is 27.0. The molecule has 22 heavy (non-hydrogen) atoms. The first kappa shape index (κ1) is 15.0. The molecule has 2 heterocycles. The average Bonchev–Trinajstić information content (AvgIpc) is 2.83. The standard InChI is InChI=1S/C17H23N3O2/c1-10(2)19-13-8-7-11-5-4-6-12-9-14(16(21)18-3)20(15(11)12)17(13)22/h4-6,10,13-14,19H,7-9H2,1-3H3,(H,18,21)/t13-,14+/m0/s1. The van der Waals surface area contributed by atoms with Gasteiger partial charge in [-0.25, -0.2) is 0 Å². The van der Waals surface area contributed by atoms with Gasteiger partial charge in [0.05, 0.1) is 11.7 Å². The Hall–Kier alpha value is -1.88. The van der Waals surface area contributed by atoms with Gasteiger partial charge in [0, 0.05) is 19.5 Å². The summed E-state index contributed by atoms with van der Waals surface area (Å²) in [5.41, 5.74) is 3.24. The number of carbonyl (C=O) groups excluding carboxylic acids is 2. The van der Waals surface area contributed by atoms with Crippen LogP contribution in [0.15, 0.2) is 18.2 Å². The summed E-state index contributed by atoms with van der Waals surface area (Å²) in [6.07, 6.45) is 2.23. The van der Waals surface area contributed by atoms with Crippen LogP contribution in [-0.4, -0.2) is 37.0 Å². The van der Waals surface area contributed by atoms with Crippen LogP contribution in [0.3, 0.4) is 0 Å². The lowest BCUT2D eigenvalue weighted by Crippen LogP contribution is -2.54. The SMILES string of the molecule is CNC(=O)[C@H]1Cc2cccc3c2N1C(=O)[C@@H](NC(C)C)CC3. The summed E-state index contributed by atoms with van der Waals surface area (Å²) in [7, 11) is 1.62. The van der Waals surface area contributed by atoms with E-state index in [0.29, 0.717) is 6.42 Å². The molecule has 3 rings (SSSR count). The third-order valence-corrected chi connectivity index (χ3v) is 4.49. The van der Waals surface area contributed by atoms with Gasteiger partial charge in [-0.3, -0.25) is 14.5 Å². The van der Waals surface area contributed by atoms with Gasteiger partial charge in [0.2, 0.25) is 11.8 Å². The van der Waals surface area contributed by atoms with Gasteiger partial charge in [-0.15, -0.1) is 0 Å². The zero-order valence-electron chi connectivity index (χ0n) is 13.3. The van der Waals surface area contributed by atoms with Crippen LogP contribution >= 0.6 is 0 Å². The van der Waals surface area contributed by atoms with Crippen LogP contribution < -0.4 is 15.5 Å². The van der Waals surface area contributed by atoms with E-state index in [9.17, 15) is 9.59 Å². The Morgan fingerprint density at radius 2 is 2.05 bits per heavy atom. The topological polar surface area (TPSA) is 61.4 Å². The van der Waals surface area contributed by atoms with Gasteiger partial charge in [-0.1, -0.05) is 32.0 Å². The van der Waals surface area contributed by atoms with Crippen LogP contribution in [-0.2, 0) is 22.4 Å². The molecule has 0 saturated heterocycles. The molecule has 5 heteroatoms. The summed E-state index contributed by atoms with van der Waals surface area (Å²) < 4.78 is 0. The van der Waals surface area contributed by atoms with E-state index in [1.807, 2.05) is 26.0 Å². The second kappa shape index (κ2) is 5.72. The monoisotopic (exact) mass is 301 g/mol. The Labute approximate surface area is 131 Å². The van der Waals surface area contributed by atoms with Crippen molar-refractivity contribution in [3.8, 4) is 0 Å². The van der Waals surface area contributed by atoms with Crippen LogP contribution in [0, 0.1) is 0 Å². The molecule has 0 aliphatic carbocycles. The molecule has 0 bridgehead atoms. The van der Waals surface area contributed by atoms with E-state index < -0.39 is 6.04 Å². The largest absolute Gasteiger partial charge is 0.357 e. The van der Waals surface area contributed by atoms with E-state index in [4.69, 9.17) is 0 Å². The molecule has 2 amide bonds. The van der Waals surface area contributed by atoms with Crippen LogP contribution in [0.25, 0.3) is 0 Å². The fourth-order valence-corrected chi connectivity index (χ4v) is 3.56. The number of carbonyl (C=O) groups is 2. The smallest absolute Gasteiger partial charge is 0.244 e. The molecule has 0 aromatic heterocycles. The average molecular weight is 301 g/mol. The lowest BCUT2D eigenvalue weighted by molar-refractivity contribution is -0.126. The molecule has 0 spiro atoms. The van der Waals surface area contributed by atoms with Crippen molar-refractivity contribution in [1.82, 2.24) is 10.6 Å². The van der Waals surface area contributed by atoms with Crippen molar-refractivity contribution in [2.24, 2.45) is 0 Å². The Bertz CT molecular complexity index is 612. The van der Waals surface area contributed by atoms with Crippen LogP contribution in [0.1, 0.15) is 31.4 Å². The molecule has 1 aromatic carbocycles. The molecule has 2 aliphatic rings. The number of hydrogen-bond donors (Lipinski definition) is 2. The van der Waals surface area contributed by atoms with Gasteiger partial charge in [0.1, 0.15) is 6.04 Å². The van der Waals surface area contributed by atoms with Crippen molar-refractivity contribution in [3.05, 3.63) is 29.3 Å². The second-order valence-electron chi connectivity index (χ2n) is 6.38. The lowest BCUT2D eigenvalue weighted by atomic mass is 10.0. The van der Waals surface area contributed by atoms with E-state index in [1.165, 1.54) is 5.56 Å². The first-order valence-electron chi connectivity index (χ1n) is 7.94. The Kier molecular flexibility index (Phi) is 3.91. The first-order valence-corrected chi connectivity index (χ1v) is 7.94. The molecule has 0 radical (unpaired) electrons. The molecular weight excluding hydrogens is 278 g/mol. The minimum Gasteiger partial charge on any atom is -0.357 e. The zero-order chi connectivity index (χ0) is 15.9. The fraction of sp³-hybridized carbons (Fsp3) is 0.529. The van der Waals surface area contributed by atoms with Crippen LogP contribution in [0.5, 0.6) is 0 Å². The minimum absolute atomic E-state index is 0.0194. The third-order valence-electron chi connectivity index (χ3n) is 4.49. The van der Waals surface area contributed by atoms with E-state index >= 15 is 0 Å². The van der Waals surface area contributed by atoms with E-state index in [0.717, 1.165) is 24.1 Å². The zero-order valence-corrected chi connectivity index (χ0v) is 13.3. The van der Waals surface area contributed by atoms with Crippen molar-refractivity contribution in [2.45, 2.75) is 51.2 Å². The third kappa shape index (κ3) is 2.39. The van der Waals surface area contributed by atoms with Crippen molar-refractivity contribution >= 4 is 17.5 Å². The van der Waals surface area contributed by atoms with Gasteiger partial charge in [-0.05, 0) is 24.0 Å². The molecular formula is C17H23N3O2. The molecule has 118 valence electrons. The summed E-state index contributed by atoms with van der Waals surface area (Å²) >= 11 is 0. The molecule has 5 nitrogen and oxygen atoms in total. The van der Waals surface area contributed by atoms with Crippen molar-refractivity contribution in [3.63, 3.8) is 0 Å². The van der Waals surface area contributed by atoms with E-state index in [2.05, 4.69) is 16.7 Å². The van der Waals surface area contributed by atoms with Gasteiger partial charge in [-0.2, -0.15) is 0 Å². The summed E-state index contributed by atoms with van der Waals surface area (Å²) in [6, 6.07) is 5.70. The molecule has 1 aromatic rings. The van der Waals surface area contributed by atoms with Gasteiger partial charge < -0.3 is 10.6 Å². The Morgan fingerprint density at radius 1 is 1.32 bits per heavy atom. The Morgan fingerprint density at radius 3 is 2.73 bits per heavy atom. The number of amides is 2. The molecule has 2 N–H and O–H groups in total. The maximum Gasteiger partial charge on any atom is 0.244 e. The minimum atomic E-state index is -0.428. The molecule has 0 fully saturated rings. The van der Waals surface area contributed by atoms with Crippen molar-refractivity contribution < 1.29 is 9.59 Å². The first-order chi connectivity index (χ1) is 10.5. The number of para-hydroxylation sites is 1. The highest BCUT2D eigenvalue weighted by Crippen LogP contribution is 2.38. The number of nitrogens with zero attached hydrogens (tertiary/aromatic N) is 1. The number of aryl methyl sites for hydroxylation is 1. The van der Waals surface area contributed by atoms with Gasteiger partial charge >= 0.3 is 0 Å². The highest BCUT2D eigenvalue weighted by atomic mass is 16.2. The molecule has 2 atom stereocenters. The summed E-state index contributed by atoms with van der Waals surface area (Å²) in [5, 5.41) is 6.04.